The van der Waals surface area contributed by atoms with Gasteiger partial charge in [0.15, 0.2) is 0 Å². The van der Waals surface area contributed by atoms with Gasteiger partial charge in [0.05, 0.1) is 18.7 Å². The number of aromatic amines is 1. The van der Waals surface area contributed by atoms with Gasteiger partial charge in [-0.25, -0.2) is 0 Å². The number of nitrogens with one attached hydrogen (secondary N) is 1. The Bertz CT molecular complexity index is 663. The van der Waals surface area contributed by atoms with Crippen molar-refractivity contribution >= 4 is 5.91 Å². The fourth-order valence-electron chi connectivity index (χ4n) is 3.21. The van der Waals surface area contributed by atoms with E-state index in [1.807, 2.05) is 42.3 Å². The van der Waals surface area contributed by atoms with Crippen molar-refractivity contribution in [3.63, 3.8) is 0 Å². The smallest absolute Gasteiger partial charge is 0.256 e. The van der Waals surface area contributed by atoms with Crippen LogP contribution in [0, 0.1) is 6.92 Å². The Morgan fingerprint density at radius 2 is 2.18 bits per heavy atom. The second kappa shape index (κ2) is 6.26. The van der Waals surface area contributed by atoms with Gasteiger partial charge in [0.25, 0.3) is 5.91 Å². The van der Waals surface area contributed by atoms with Gasteiger partial charge in [-0.05, 0) is 49.9 Å². The van der Waals surface area contributed by atoms with E-state index in [2.05, 4.69) is 11.1 Å². The van der Waals surface area contributed by atoms with Crippen LogP contribution in [0.1, 0.15) is 46.9 Å². The number of ether oxygens (including phenoxy) is 1. The molecule has 1 aliphatic heterocycles. The van der Waals surface area contributed by atoms with E-state index < -0.39 is 0 Å². The molecular weight excluding hydrogens is 276 g/mol. The van der Waals surface area contributed by atoms with Crippen molar-refractivity contribution in [2.24, 2.45) is 0 Å². The van der Waals surface area contributed by atoms with Gasteiger partial charge < -0.3 is 14.6 Å². The summed E-state index contributed by atoms with van der Waals surface area (Å²) in [5.74, 6) is 0.958. The van der Waals surface area contributed by atoms with Gasteiger partial charge in [0.2, 0.25) is 0 Å². The highest BCUT2D eigenvalue weighted by Gasteiger charge is 2.29. The highest BCUT2D eigenvalue weighted by molar-refractivity contribution is 5.95. The van der Waals surface area contributed by atoms with Crippen LogP contribution < -0.4 is 4.74 Å². The molecule has 0 aliphatic carbocycles. The number of hydrogen-bond donors (Lipinski definition) is 1. The maximum absolute atomic E-state index is 12.9. The van der Waals surface area contributed by atoms with Gasteiger partial charge in [0, 0.05) is 18.4 Å². The van der Waals surface area contributed by atoms with Crippen LogP contribution in [0.2, 0.25) is 0 Å². The molecule has 0 spiro atoms. The zero-order valence-corrected chi connectivity index (χ0v) is 13.1. The van der Waals surface area contributed by atoms with Crippen LogP contribution in [0.25, 0.3) is 0 Å². The molecule has 1 aliphatic rings. The van der Waals surface area contributed by atoms with E-state index in [0.29, 0.717) is 0 Å². The van der Waals surface area contributed by atoms with Crippen molar-refractivity contribution in [1.82, 2.24) is 9.88 Å². The second-order valence-electron chi connectivity index (χ2n) is 5.80. The molecule has 4 nitrogen and oxygen atoms in total. The van der Waals surface area contributed by atoms with Gasteiger partial charge in [-0.3, -0.25) is 4.79 Å². The third kappa shape index (κ3) is 2.73. The van der Waals surface area contributed by atoms with Crippen molar-refractivity contribution in [3.8, 4) is 5.75 Å². The number of carbonyl (C=O) groups is 1. The van der Waals surface area contributed by atoms with Crippen LogP contribution >= 0.6 is 0 Å². The molecule has 3 rings (SSSR count). The third-order valence-corrected chi connectivity index (χ3v) is 4.43. The first-order valence-corrected chi connectivity index (χ1v) is 7.79. The number of amides is 1. The van der Waals surface area contributed by atoms with Crippen molar-refractivity contribution < 1.29 is 9.53 Å². The summed E-state index contributed by atoms with van der Waals surface area (Å²) in [5.41, 5.74) is 2.86. The van der Waals surface area contributed by atoms with Gasteiger partial charge in [0.1, 0.15) is 5.75 Å². The Labute approximate surface area is 131 Å². The minimum absolute atomic E-state index is 0.117. The first-order valence-electron chi connectivity index (χ1n) is 7.79. The highest BCUT2D eigenvalue weighted by atomic mass is 16.5. The van der Waals surface area contributed by atoms with Crippen LogP contribution in [0.15, 0.2) is 36.5 Å². The van der Waals surface area contributed by atoms with Crippen molar-refractivity contribution in [1.29, 1.82) is 0 Å². The second-order valence-corrected chi connectivity index (χ2v) is 5.80. The molecule has 0 saturated carbocycles. The average Bonchev–Trinajstić information content (AvgIpc) is 3.00. The van der Waals surface area contributed by atoms with E-state index in [1.54, 1.807) is 7.11 Å². The number of carbonyl (C=O) groups excluding carboxylic acids is 1. The molecule has 1 N–H and O–H groups in total. The highest BCUT2D eigenvalue weighted by Crippen LogP contribution is 2.33. The molecule has 116 valence electrons. The molecule has 0 bridgehead atoms. The van der Waals surface area contributed by atoms with Crippen LogP contribution in [-0.4, -0.2) is 29.4 Å². The molecular formula is C18H22N2O2. The van der Waals surface area contributed by atoms with E-state index in [0.717, 1.165) is 48.4 Å². The molecule has 22 heavy (non-hydrogen) atoms. The minimum atomic E-state index is 0.117. The molecule has 2 aromatic rings. The molecule has 1 saturated heterocycles. The molecule has 1 atom stereocenters. The molecule has 1 amide bonds. The Kier molecular flexibility index (Phi) is 4.18. The number of methoxy groups -OCH3 is 1. The van der Waals surface area contributed by atoms with Gasteiger partial charge in [-0.15, -0.1) is 0 Å². The number of aryl methyl sites for hydroxylation is 1. The lowest BCUT2D eigenvalue weighted by molar-refractivity contribution is 0.0610. The number of rotatable bonds is 3. The fraction of sp³-hybridized carbons (Fsp3) is 0.389. The average molecular weight is 298 g/mol. The molecule has 1 fully saturated rings. The number of nitrogens with zero attached hydrogens (tertiary/aromatic N) is 1. The fourth-order valence-corrected chi connectivity index (χ4v) is 3.21. The van der Waals surface area contributed by atoms with E-state index in [-0.39, 0.29) is 11.9 Å². The topological polar surface area (TPSA) is 45.3 Å². The maximum Gasteiger partial charge on any atom is 0.256 e. The maximum atomic E-state index is 12.9. The third-order valence-electron chi connectivity index (χ3n) is 4.43. The molecule has 1 aromatic carbocycles. The number of hydrogen-bond acceptors (Lipinski definition) is 2. The quantitative estimate of drug-likeness (QED) is 0.939. The Hall–Kier alpha value is -2.23. The molecule has 2 heterocycles. The molecule has 1 aromatic heterocycles. The first-order chi connectivity index (χ1) is 10.7. The van der Waals surface area contributed by atoms with E-state index in [4.69, 9.17) is 4.74 Å². The van der Waals surface area contributed by atoms with Gasteiger partial charge in [-0.2, -0.15) is 0 Å². The number of benzene rings is 1. The van der Waals surface area contributed by atoms with Gasteiger partial charge >= 0.3 is 0 Å². The lowest BCUT2D eigenvalue weighted by Crippen LogP contribution is -2.38. The zero-order chi connectivity index (χ0) is 15.5. The number of likely N-dealkylation sites (tertiary alicyclic amines) is 1. The van der Waals surface area contributed by atoms with Crippen LogP contribution in [0.3, 0.4) is 0 Å². The Balaban J connectivity index is 1.91. The van der Waals surface area contributed by atoms with E-state index >= 15 is 0 Å². The zero-order valence-electron chi connectivity index (χ0n) is 13.1. The standard InChI is InChI=1S/C18H22N2O2/c1-13-16(9-10-19-13)18(21)20-11-4-3-8-17(20)14-6-5-7-15(12-14)22-2/h5-7,9-10,12,17,19H,3-4,8,11H2,1-2H3. The van der Waals surface area contributed by atoms with Crippen LogP contribution in [-0.2, 0) is 0 Å². The lowest BCUT2D eigenvalue weighted by Gasteiger charge is -2.36. The predicted molar refractivity (Wildman–Crippen MR) is 86.2 cm³/mol. The molecule has 1 unspecified atom stereocenters. The van der Waals surface area contributed by atoms with Gasteiger partial charge in [-0.1, -0.05) is 12.1 Å². The molecule has 0 radical (unpaired) electrons. The van der Waals surface area contributed by atoms with Crippen molar-refractivity contribution in [2.45, 2.75) is 32.2 Å². The summed E-state index contributed by atoms with van der Waals surface area (Å²) in [6.45, 7) is 2.75. The monoisotopic (exact) mass is 298 g/mol. The van der Waals surface area contributed by atoms with E-state index in [1.165, 1.54) is 0 Å². The summed E-state index contributed by atoms with van der Waals surface area (Å²) < 4.78 is 5.32. The van der Waals surface area contributed by atoms with Crippen molar-refractivity contribution in [2.75, 3.05) is 13.7 Å². The molecule has 4 heteroatoms. The first kappa shape index (κ1) is 14.7. The predicted octanol–water partition coefficient (Wildman–Crippen LogP) is 3.70. The van der Waals surface area contributed by atoms with Crippen LogP contribution in [0.5, 0.6) is 5.75 Å². The summed E-state index contributed by atoms with van der Waals surface area (Å²) in [7, 11) is 1.67. The Morgan fingerprint density at radius 3 is 2.91 bits per heavy atom. The summed E-state index contributed by atoms with van der Waals surface area (Å²) >= 11 is 0. The summed E-state index contributed by atoms with van der Waals surface area (Å²) in [4.78, 5) is 18.0. The summed E-state index contributed by atoms with van der Waals surface area (Å²) in [5, 5.41) is 0. The number of H-pyrrole nitrogens is 1. The normalized spacial score (nSPS) is 18.3. The van der Waals surface area contributed by atoms with Crippen LogP contribution in [0.4, 0.5) is 0 Å². The number of aromatic nitrogens is 1. The SMILES string of the molecule is COc1cccc(C2CCCCN2C(=O)c2cc[nH]c2C)c1. The summed E-state index contributed by atoms with van der Waals surface area (Å²) in [6.07, 6.45) is 5.04. The summed E-state index contributed by atoms with van der Waals surface area (Å²) in [6, 6.07) is 10.1. The van der Waals surface area contributed by atoms with Crippen molar-refractivity contribution in [3.05, 3.63) is 53.3 Å². The van der Waals surface area contributed by atoms with E-state index in [9.17, 15) is 4.79 Å². The lowest BCUT2D eigenvalue weighted by atomic mass is 9.94. The largest absolute Gasteiger partial charge is 0.497 e. The minimum Gasteiger partial charge on any atom is -0.497 e. The number of piperidine rings is 1. The Morgan fingerprint density at radius 1 is 1.32 bits per heavy atom.